The monoisotopic (exact) mass is 315 g/mol. The molecule has 0 aromatic carbocycles. The Kier molecular flexibility index (Phi) is 4.97. The van der Waals surface area contributed by atoms with E-state index in [9.17, 15) is 13.2 Å². The number of aromatic nitrogens is 2. The van der Waals surface area contributed by atoms with Crippen molar-refractivity contribution in [3.05, 3.63) is 11.7 Å². The molecule has 7 nitrogen and oxygen atoms in total. The van der Waals surface area contributed by atoms with Crippen LogP contribution in [0.15, 0.2) is 4.52 Å². The Bertz CT molecular complexity index is 590. The van der Waals surface area contributed by atoms with Crippen LogP contribution < -0.4 is 5.32 Å². The first-order valence-corrected chi connectivity index (χ1v) is 8.95. The van der Waals surface area contributed by atoms with E-state index in [2.05, 4.69) is 15.5 Å². The third-order valence-electron chi connectivity index (χ3n) is 3.08. The summed E-state index contributed by atoms with van der Waals surface area (Å²) in [4.78, 5) is 15.6. The standard InChI is InChI=1S/C13H21N3O4S/c1-9(2)5-11-15-13(20-16-11)8-21(18,19)7-12(17)14-6-10-3-4-10/h9-10H,3-8H2,1-2H3,(H,14,17). The first-order chi connectivity index (χ1) is 9.84. The molecule has 1 fully saturated rings. The lowest BCUT2D eigenvalue weighted by Crippen LogP contribution is -2.32. The van der Waals surface area contributed by atoms with E-state index in [0.717, 1.165) is 12.8 Å². The summed E-state index contributed by atoms with van der Waals surface area (Å²) in [5, 5.41) is 6.37. The van der Waals surface area contributed by atoms with E-state index >= 15 is 0 Å². The Morgan fingerprint density at radius 1 is 1.43 bits per heavy atom. The Balaban J connectivity index is 1.84. The molecule has 2 rings (SSSR count). The van der Waals surface area contributed by atoms with Gasteiger partial charge in [-0.3, -0.25) is 4.79 Å². The first kappa shape index (κ1) is 15.9. The van der Waals surface area contributed by atoms with Crippen LogP contribution in [-0.4, -0.2) is 36.8 Å². The Morgan fingerprint density at radius 2 is 2.14 bits per heavy atom. The number of nitrogens with one attached hydrogen (secondary N) is 1. The Hall–Kier alpha value is -1.44. The van der Waals surface area contributed by atoms with E-state index in [1.54, 1.807) is 0 Å². The molecule has 1 heterocycles. The maximum Gasteiger partial charge on any atom is 0.241 e. The van der Waals surface area contributed by atoms with Crippen LogP contribution in [0, 0.1) is 11.8 Å². The quantitative estimate of drug-likeness (QED) is 0.758. The molecular formula is C13H21N3O4S. The highest BCUT2D eigenvalue weighted by Gasteiger charge is 2.24. The molecule has 1 N–H and O–H groups in total. The number of hydrogen-bond acceptors (Lipinski definition) is 6. The molecule has 1 aliphatic rings. The molecule has 0 saturated heterocycles. The molecule has 0 unspecified atom stereocenters. The molecule has 1 amide bonds. The van der Waals surface area contributed by atoms with Gasteiger partial charge >= 0.3 is 0 Å². The van der Waals surface area contributed by atoms with Crippen molar-refractivity contribution in [1.29, 1.82) is 0 Å². The topological polar surface area (TPSA) is 102 Å². The molecule has 118 valence electrons. The average molecular weight is 315 g/mol. The lowest BCUT2D eigenvalue weighted by Gasteiger charge is -2.03. The molecule has 21 heavy (non-hydrogen) atoms. The second-order valence-corrected chi connectivity index (χ2v) is 8.05. The van der Waals surface area contributed by atoms with Gasteiger partial charge < -0.3 is 9.84 Å². The first-order valence-electron chi connectivity index (χ1n) is 7.12. The second-order valence-electron chi connectivity index (χ2n) is 5.98. The van der Waals surface area contributed by atoms with Crippen molar-refractivity contribution in [2.24, 2.45) is 11.8 Å². The number of hydrogen-bond donors (Lipinski definition) is 1. The van der Waals surface area contributed by atoms with Crippen molar-refractivity contribution >= 4 is 15.7 Å². The highest BCUT2D eigenvalue weighted by Crippen LogP contribution is 2.27. The van der Waals surface area contributed by atoms with E-state index in [0.29, 0.717) is 30.6 Å². The number of amides is 1. The zero-order valence-electron chi connectivity index (χ0n) is 12.3. The molecule has 0 atom stereocenters. The Morgan fingerprint density at radius 3 is 2.76 bits per heavy atom. The van der Waals surface area contributed by atoms with Crippen LogP contribution in [0.1, 0.15) is 38.4 Å². The van der Waals surface area contributed by atoms with Crippen molar-refractivity contribution in [3.63, 3.8) is 0 Å². The van der Waals surface area contributed by atoms with Crippen molar-refractivity contribution in [2.75, 3.05) is 12.3 Å². The van der Waals surface area contributed by atoms with Crippen LogP contribution in [0.25, 0.3) is 0 Å². The fourth-order valence-corrected chi connectivity index (χ4v) is 2.96. The summed E-state index contributed by atoms with van der Waals surface area (Å²) < 4.78 is 28.7. The molecule has 1 aromatic heterocycles. The van der Waals surface area contributed by atoms with Crippen molar-refractivity contribution < 1.29 is 17.7 Å². The zero-order chi connectivity index (χ0) is 15.5. The van der Waals surface area contributed by atoms with Gasteiger partial charge in [-0.1, -0.05) is 19.0 Å². The highest BCUT2D eigenvalue weighted by atomic mass is 32.2. The molecule has 8 heteroatoms. The molecule has 0 bridgehead atoms. The second kappa shape index (κ2) is 6.55. The molecule has 1 aliphatic carbocycles. The molecule has 1 aromatic rings. The number of carbonyl (C=O) groups is 1. The third-order valence-corrected chi connectivity index (χ3v) is 4.47. The summed E-state index contributed by atoms with van der Waals surface area (Å²) in [5.74, 6) is 0.0144. The number of nitrogens with zero attached hydrogens (tertiary/aromatic N) is 2. The van der Waals surface area contributed by atoms with Gasteiger partial charge in [0.05, 0.1) is 0 Å². The van der Waals surface area contributed by atoms with Crippen LogP contribution in [0.4, 0.5) is 0 Å². The largest absolute Gasteiger partial charge is 0.355 e. The molecular weight excluding hydrogens is 294 g/mol. The van der Waals surface area contributed by atoms with Crippen LogP contribution in [-0.2, 0) is 26.8 Å². The summed E-state index contributed by atoms with van der Waals surface area (Å²) in [7, 11) is -3.58. The lowest BCUT2D eigenvalue weighted by atomic mass is 10.1. The van der Waals surface area contributed by atoms with E-state index < -0.39 is 27.3 Å². The minimum absolute atomic E-state index is 0.0423. The normalized spacial score (nSPS) is 15.4. The maximum atomic E-state index is 11.9. The lowest BCUT2D eigenvalue weighted by molar-refractivity contribution is -0.118. The van der Waals surface area contributed by atoms with Crippen LogP contribution in [0.5, 0.6) is 0 Å². The van der Waals surface area contributed by atoms with Gasteiger partial charge in [0.25, 0.3) is 0 Å². The molecule has 0 spiro atoms. The van der Waals surface area contributed by atoms with Gasteiger partial charge in [0, 0.05) is 13.0 Å². The minimum atomic E-state index is -3.58. The van der Waals surface area contributed by atoms with Crippen molar-refractivity contribution in [1.82, 2.24) is 15.5 Å². The Labute approximate surface area is 124 Å². The predicted octanol–water partition coefficient (Wildman–Crippen LogP) is 0.709. The van der Waals surface area contributed by atoms with Crippen LogP contribution in [0.2, 0.25) is 0 Å². The number of carbonyl (C=O) groups excluding carboxylic acids is 1. The fourth-order valence-electron chi connectivity index (χ4n) is 1.87. The van der Waals surface area contributed by atoms with Crippen molar-refractivity contribution in [2.45, 2.75) is 38.9 Å². The van der Waals surface area contributed by atoms with Gasteiger partial charge in [0.2, 0.25) is 11.8 Å². The van der Waals surface area contributed by atoms with Gasteiger partial charge in [-0.2, -0.15) is 4.98 Å². The van der Waals surface area contributed by atoms with Gasteiger partial charge in [-0.05, 0) is 24.7 Å². The molecule has 0 aliphatic heterocycles. The van der Waals surface area contributed by atoms with Gasteiger partial charge in [0.1, 0.15) is 11.5 Å². The van der Waals surface area contributed by atoms with E-state index in [4.69, 9.17) is 4.52 Å². The summed E-state index contributed by atoms with van der Waals surface area (Å²) in [6.07, 6.45) is 2.84. The van der Waals surface area contributed by atoms with Crippen LogP contribution >= 0.6 is 0 Å². The number of sulfone groups is 1. The average Bonchev–Trinajstić information content (AvgIpc) is 3.08. The van der Waals surface area contributed by atoms with Crippen molar-refractivity contribution in [3.8, 4) is 0 Å². The summed E-state index contributed by atoms with van der Waals surface area (Å²) in [6.45, 7) is 4.58. The maximum absolute atomic E-state index is 11.9. The summed E-state index contributed by atoms with van der Waals surface area (Å²) in [5.41, 5.74) is 0. The fraction of sp³-hybridized carbons (Fsp3) is 0.769. The summed E-state index contributed by atoms with van der Waals surface area (Å²) >= 11 is 0. The number of rotatable bonds is 8. The van der Waals surface area contributed by atoms with E-state index in [-0.39, 0.29) is 5.89 Å². The highest BCUT2D eigenvalue weighted by molar-refractivity contribution is 7.91. The van der Waals surface area contributed by atoms with Gasteiger partial charge in [0.15, 0.2) is 15.7 Å². The smallest absolute Gasteiger partial charge is 0.241 e. The molecule has 0 radical (unpaired) electrons. The van der Waals surface area contributed by atoms with E-state index in [1.807, 2.05) is 13.8 Å². The zero-order valence-corrected chi connectivity index (χ0v) is 13.1. The van der Waals surface area contributed by atoms with Gasteiger partial charge in [-0.25, -0.2) is 8.42 Å². The predicted molar refractivity (Wildman–Crippen MR) is 76.1 cm³/mol. The van der Waals surface area contributed by atoms with Crippen LogP contribution in [0.3, 0.4) is 0 Å². The SMILES string of the molecule is CC(C)Cc1noc(CS(=O)(=O)CC(=O)NCC2CC2)n1. The summed E-state index contributed by atoms with van der Waals surface area (Å²) in [6, 6.07) is 0. The molecule has 1 saturated carbocycles. The minimum Gasteiger partial charge on any atom is -0.355 e. The van der Waals surface area contributed by atoms with Gasteiger partial charge in [-0.15, -0.1) is 0 Å². The third kappa shape index (κ3) is 5.82. The van der Waals surface area contributed by atoms with E-state index in [1.165, 1.54) is 0 Å².